The van der Waals surface area contributed by atoms with Crippen LogP contribution >= 0.6 is 0 Å². The molecule has 0 spiro atoms. The maximum atomic E-state index is 13.3. The van der Waals surface area contributed by atoms with E-state index in [4.69, 9.17) is 4.74 Å². The summed E-state index contributed by atoms with van der Waals surface area (Å²) in [5, 5.41) is 0. The van der Waals surface area contributed by atoms with E-state index in [1.807, 2.05) is 48.5 Å². The number of hydrogen-bond acceptors (Lipinski definition) is 4. The van der Waals surface area contributed by atoms with Gasteiger partial charge in [0.25, 0.3) is 0 Å². The number of rotatable bonds is 5. The number of amides is 2. The molecule has 34 heavy (non-hydrogen) atoms. The van der Waals surface area contributed by atoms with Crippen molar-refractivity contribution in [2.75, 3.05) is 0 Å². The van der Waals surface area contributed by atoms with Gasteiger partial charge in [0.05, 0.1) is 0 Å². The number of carbonyl (C=O) groups is 3. The third kappa shape index (κ3) is 5.25. The van der Waals surface area contributed by atoms with Gasteiger partial charge in [-0.05, 0) is 50.3 Å². The zero-order valence-corrected chi connectivity index (χ0v) is 19.7. The maximum Gasteiger partial charge on any atom is 0.417 e. The number of benzene rings is 3. The Hall–Kier alpha value is -3.73. The van der Waals surface area contributed by atoms with Crippen molar-refractivity contribution in [3.63, 3.8) is 0 Å². The van der Waals surface area contributed by atoms with Crippen LogP contribution in [0.3, 0.4) is 0 Å². The molecule has 0 aliphatic carbocycles. The van der Waals surface area contributed by atoms with Gasteiger partial charge in [-0.15, -0.1) is 0 Å². The van der Waals surface area contributed by atoms with E-state index in [2.05, 4.69) is 12.1 Å². The average Bonchev–Trinajstić information content (AvgIpc) is 3.14. The van der Waals surface area contributed by atoms with Crippen molar-refractivity contribution >= 4 is 17.8 Å². The molecule has 1 aliphatic heterocycles. The Kier molecular flexibility index (Phi) is 6.64. The second kappa shape index (κ2) is 9.64. The molecule has 2 atom stereocenters. The van der Waals surface area contributed by atoms with Gasteiger partial charge < -0.3 is 4.74 Å². The van der Waals surface area contributed by atoms with Crippen LogP contribution in [-0.4, -0.2) is 34.3 Å². The molecule has 1 heterocycles. The molecule has 5 heteroatoms. The minimum absolute atomic E-state index is 0.263. The molecular weight excluding hydrogens is 426 g/mol. The van der Waals surface area contributed by atoms with Crippen LogP contribution in [0.2, 0.25) is 0 Å². The molecule has 0 N–H and O–H groups in total. The first-order valence-electron chi connectivity index (χ1n) is 11.5. The number of likely N-dealkylation sites (tertiary alicyclic amines) is 1. The lowest BCUT2D eigenvalue weighted by Gasteiger charge is -2.27. The van der Waals surface area contributed by atoms with Crippen molar-refractivity contribution in [2.45, 2.75) is 45.3 Å². The predicted octanol–water partition coefficient (Wildman–Crippen LogP) is 5.93. The van der Waals surface area contributed by atoms with Crippen LogP contribution in [0.1, 0.15) is 43.1 Å². The van der Waals surface area contributed by atoms with Gasteiger partial charge in [-0.25, -0.2) is 9.69 Å². The zero-order chi connectivity index (χ0) is 24.3. The molecule has 174 valence electrons. The van der Waals surface area contributed by atoms with Gasteiger partial charge in [-0.3, -0.25) is 9.59 Å². The third-order valence-electron chi connectivity index (χ3n) is 5.91. The molecular formula is C29H29NO4. The molecule has 1 unspecified atom stereocenters. The van der Waals surface area contributed by atoms with Crippen molar-refractivity contribution in [3.8, 4) is 11.1 Å². The van der Waals surface area contributed by atoms with Crippen LogP contribution in [-0.2, 0) is 16.0 Å². The van der Waals surface area contributed by atoms with Crippen molar-refractivity contribution in [1.82, 2.24) is 4.90 Å². The van der Waals surface area contributed by atoms with Gasteiger partial charge in [-0.1, -0.05) is 84.9 Å². The Balaban J connectivity index is 1.58. The molecule has 5 nitrogen and oxygen atoms in total. The smallest absolute Gasteiger partial charge is 0.417 e. The number of imide groups is 1. The summed E-state index contributed by atoms with van der Waals surface area (Å²) in [5.41, 5.74) is 2.92. The molecule has 1 fully saturated rings. The molecule has 0 aromatic heterocycles. The van der Waals surface area contributed by atoms with Gasteiger partial charge in [0, 0.05) is 11.6 Å². The maximum absolute atomic E-state index is 13.3. The van der Waals surface area contributed by atoms with E-state index in [9.17, 15) is 14.4 Å². The Morgan fingerprint density at radius 1 is 0.853 bits per heavy atom. The molecule has 0 saturated carbocycles. The molecule has 0 bridgehead atoms. The summed E-state index contributed by atoms with van der Waals surface area (Å²) in [5.74, 6) is -1.65. The lowest BCUT2D eigenvalue weighted by Crippen LogP contribution is -2.44. The number of ether oxygens (including phenoxy) is 1. The average molecular weight is 456 g/mol. The first kappa shape index (κ1) is 23.4. The fourth-order valence-electron chi connectivity index (χ4n) is 4.31. The van der Waals surface area contributed by atoms with Crippen LogP contribution < -0.4 is 0 Å². The number of carbonyl (C=O) groups excluding carboxylic acids is 3. The van der Waals surface area contributed by atoms with Crippen LogP contribution in [0.25, 0.3) is 11.1 Å². The summed E-state index contributed by atoms with van der Waals surface area (Å²) in [4.78, 5) is 40.5. The van der Waals surface area contributed by atoms with Crippen molar-refractivity contribution in [3.05, 3.63) is 96.1 Å². The van der Waals surface area contributed by atoms with E-state index in [0.717, 1.165) is 21.6 Å². The molecule has 3 aromatic carbocycles. The quantitative estimate of drug-likeness (QED) is 0.353. The van der Waals surface area contributed by atoms with Crippen molar-refractivity contribution in [2.24, 2.45) is 5.92 Å². The number of nitrogens with zero attached hydrogens (tertiary/aromatic N) is 1. The number of hydrogen-bond donors (Lipinski definition) is 0. The molecule has 3 aromatic rings. The van der Waals surface area contributed by atoms with Crippen LogP contribution in [0.4, 0.5) is 4.79 Å². The Labute approximate surface area is 200 Å². The highest BCUT2D eigenvalue weighted by Crippen LogP contribution is 2.32. The minimum Gasteiger partial charge on any atom is -0.443 e. The van der Waals surface area contributed by atoms with Crippen LogP contribution in [0.15, 0.2) is 84.9 Å². The Morgan fingerprint density at radius 3 is 2.00 bits per heavy atom. The van der Waals surface area contributed by atoms with E-state index in [1.165, 1.54) is 0 Å². The largest absolute Gasteiger partial charge is 0.443 e. The summed E-state index contributed by atoms with van der Waals surface area (Å²) >= 11 is 0. The van der Waals surface area contributed by atoms with E-state index in [0.29, 0.717) is 12.0 Å². The standard InChI is InChI=1S/C29H29NO4/c1-29(2,3)34-28(33)30-24(19-25(27(30)32)26(31)23-12-8-5-9-13-23)18-20-14-16-22(17-15-20)21-10-6-4-7-11-21/h4-17,24-25H,18-19H2,1-3H3/t24?,25-/m0/s1. The minimum atomic E-state index is -0.900. The lowest BCUT2D eigenvalue weighted by atomic mass is 9.92. The van der Waals surface area contributed by atoms with Crippen molar-refractivity contribution in [1.29, 1.82) is 0 Å². The molecule has 1 aliphatic rings. The zero-order valence-electron chi connectivity index (χ0n) is 19.7. The van der Waals surface area contributed by atoms with E-state index in [-0.39, 0.29) is 12.2 Å². The first-order valence-corrected chi connectivity index (χ1v) is 11.5. The van der Waals surface area contributed by atoms with Crippen molar-refractivity contribution < 1.29 is 19.1 Å². The summed E-state index contributed by atoms with van der Waals surface area (Å²) in [6, 6.07) is 26.4. The first-order chi connectivity index (χ1) is 16.2. The number of ketones is 1. The van der Waals surface area contributed by atoms with Gasteiger partial charge in [-0.2, -0.15) is 0 Å². The highest BCUT2D eigenvalue weighted by atomic mass is 16.6. The van der Waals surface area contributed by atoms with Gasteiger partial charge in [0.1, 0.15) is 11.5 Å². The topological polar surface area (TPSA) is 63.7 Å². The fourth-order valence-corrected chi connectivity index (χ4v) is 4.31. The summed E-state index contributed by atoms with van der Waals surface area (Å²) in [6.07, 6.45) is 0.0250. The normalized spacial score (nSPS) is 18.1. The fraction of sp³-hybridized carbons (Fsp3) is 0.276. The predicted molar refractivity (Wildman–Crippen MR) is 131 cm³/mol. The third-order valence-corrected chi connectivity index (χ3v) is 5.91. The Morgan fingerprint density at radius 2 is 1.41 bits per heavy atom. The highest BCUT2D eigenvalue weighted by molar-refractivity contribution is 6.14. The molecule has 4 rings (SSSR count). The summed E-state index contributed by atoms with van der Waals surface area (Å²) in [6.45, 7) is 5.28. The van der Waals surface area contributed by atoms with Crippen LogP contribution in [0, 0.1) is 5.92 Å². The summed E-state index contributed by atoms with van der Waals surface area (Å²) in [7, 11) is 0. The van der Waals surface area contributed by atoms with Gasteiger partial charge in [0.15, 0.2) is 5.78 Å². The SMILES string of the molecule is CC(C)(C)OC(=O)N1C(=O)[C@H](C(=O)c2ccccc2)CC1Cc1ccc(-c2ccccc2)cc1. The van der Waals surface area contributed by atoms with Crippen LogP contribution in [0.5, 0.6) is 0 Å². The molecule has 1 saturated heterocycles. The molecule has 0 radical (unpaired) electrons. The second-order valence-corrected chi connectivity index (χ2v) is 9.63. The van der Waals surface area contributed by atoms with Gasteiger partial charge >= 0.3 is 6.09 Å². The Bertz CT molecular complexity index is 1160. The molecule has 2 amide bonds. The van der Waals surface area contributed by atoms with E-state index in [1.54, 1.807) is 45.0 Å². The van der Waals surface area contributed by atoms with E-state index < -0.39 is 29.6 Å². The monoisotopic (exact) mass is 455 g/mol. The second-order valence-electron chi connectivity index (χ2n) is 9.63. The van der Waals surface area contributed by atoms with Gasteiger partial charge in [0.2, 0.25) is 5.91 Å². The highest BCUT2D eigenvalue weighted by Gasteiger charge is 2.47. The lowest BCUT2D eigenvalue weighted by molar-refractivity contribution is -0.130. The summed E-state index contributed by atoms with van der Waals surface area (Å²) < 4.78 is 5.53. The van der Waals surface area contributed by atoms with E-state index >= 15 is 0 Å². The number of Topliss-reactive ketones (excluding diaryl/α,β-unsaturated/α-hetero) is 1.